The van der Waals surface area contributed by atoms with Crippen LogP contribution >= 0.6 is 11.6 Å². The van der Waals surface area contributed by atoms with Crippen LogP contribution in [0.3, 0.4) is 0 Å². The maximum Gasteiger partial charge on any atom is 0.269 e. The summed E-state index contributed by atoms with van der Waals surface area (Å²) in [6.45, 7) is 3.84. The Labute approximate surface area is 198 Å². The molecule has 0 radical (unpaired) electrons. The second-order valence-electron chi connectivity index (χ2n) is 7.60. The fourth-order valence-electron chi connectivity index (χ4n) is 3.79. The molecule has 0 unspecified atom stereocenters. The van der Waals surface area contributed by atoms with Gasteiger partial charge in [-0.25, -0.2) is 12.7 Å². The number of fused-ring (bicyclic) bond motifs is 1. The highest BCUT2D eigenvalue weighted by molar-refractivity contribution is 7.90. The lowest BCUT2D eigenvalue weighted by molar-refractivity contribution is -0.141. The second-order valence-corrected chi connectivity index (χ2v) is 9.86. The summed E-state index contributed by atoms with van der Waals surface area (Å²) in [5, 5.41) is 3.29. The summed E-state index contributed by atoms with van der Waals surface area (Å²) in [5.74, 6) is -1.37. The van der Waals surface area contributed by atoms with Gasteiger partial charge < -0.3 is 10.2 Å². The Morgan fingerprint density at radius 3 is 2.36 bits per heavy atom. The first-order valence-electron chi connectivity index (χ1n) is 10.7. The molecule has 8 nitrogen and oxygen atoms in total. The summed E-state index contributed by atoms with van der Waals surface area (Å²) in [6.07, 6.45) is 0.125. The van der Waals surface area contributed by atoms with E-state index in [9.17, 15) is 22.8 Å². The molecule has 2 aromatic carbocycles. The van der Waals surface area contributed by atoms with Crippen molar-refractivity contribution in [2.24, 2.45) is 0 Å². The van der Waals surface area contributed by atoms with Crippen LogP contribution in [-0.4, -0.2) is 54.5 Å². The summed E-state index contributed by atoms with van der Waals surface area (Å²) >= 11 is 5.95. The summed E-state index contributed by atoms with van der Waals surface area (Å²) in [7, 11) is -4.01. The molecule has 0 aromatic heterocycles. The SMILES string of the molecule is CCNC(=O)[C@H](CC)N(Cc1ccc(Cl)cc1)C(=O)CCN1C(=O)c2ccccc2S1(=O)=O. The predicted octanol–water partition coefficient (Wildman–Crippen LogP) is 2.82. The number of rotatable bonds is 9. The largest absolute Gasteiger partial charge is 0.355 e. The summed E-state index contributed by atoms with van der Waals surface area (Å²) in [4.78, 5) is 39.9. The first-order valence-corrected chi connectivity index (χ1v) is 12.5. The van der Waals surface area contributed by atoms with E-state index in [0.717, 1.165) is 9.87 Å². The minimum Gasteiger partial charge on any atom is -0.355 e. The van der Waals surface area contributed by atoms with E-state index in [4.69, 9.17) is 11.6 Å². The number of benzene rings is 2. The maximum atomic E-state index is 13.3. The lowest BCUT2D eigenvalue weighted by Gasteiger charge is -2.31. The molecule has 3 rings (SSSR count). The molecule has 176 valence electrons. The van der Waals surface area contributed by atoms with Crippen LogP contribution in [-0.2, 0) is 26.2 Å². The Balaban J connectivity index is 1.82. The smallest absolute Gasteiger partial charge is 0.269 e. The zero-order valence-corrected chi connectivity index (χ0v) is 20.0. The minimum atomic E-state index is -4.01. The van der Waals surface area contributed by atoms with Gasteiger partial charge in [-0.2, -0.15) is 0 Å². The van der Waals surface area contributed by atoms with Crippen molar-refractivity contribution in [2.75, 3.05) is 13.1 Å². The van der Waals surface area contributed by atoms with Crippen molar-refractivity contribution in [1.82, 2.24) is 14.5 Å². The molecule has 0 spiro atoms. The van der Waals surface area contributed by atoms with Gasteiger partial charge in [0.2, 0.25) is 11.8 Å². The number of hydrogen-bond donors (Lipinski definition) is 1. The van der Waals surface area contributed by atoms with Crippen LogP contribution in [0.25, 0.3) is 0 Å². The second kappa shape index (κ2) is 10.4. The molecule has 2 aromatic rings. The van der Waals surface area contributed by atoms with Gasteiger partial charge in [-0.05, 0) is 43.2 Å². The van der Waals surface area contributed by atoms with E-state index >= 15 is 0 Å². The number of carbonyl (C=O) groups excluding carboxylic acids is 3. The highest BCUT2D eigenvalue weighted by atomic mass is 35.5. The third-order valence-corrected chi connectivity index (χ3v) is 7.54. The third-order valence-electron chi connectivity index (χ3n) is 5.44. The van der Waals surface area contributed by atoms with Crippen molar-refractivity contribution < 1.29 is 22.8 Å². The van der Waals surface area contributed by atoms with E-state index in [0.29, 0.717) is 18.0 Å². The quantitative estimate of drug-likeness (QED) is 0.581. The number of likely N-dealkylation sites (N-methyl/N-ethyl adjacent to an activating group) is 1. The maximum absolute atomic E-state index is 13.3. The molecule has 1 heterocycles. The molecule has 33 heavy (non-hydrogen) atoms. The molecule has 3 amide bonds. The molecule has 0 bridgehead atoms. The van der Waals surface area contributed by atoms with Gasteiger partial charge in [0.05, 0.1) is 5.56 Å². The number of nitrogens with one attached hydrogen (secondary N) is 1. The summed E-state index contributed by atoms with van der Waals surface area (Å²) in [5.41, 5.74) is 0.865. The Morgan fingerprint density at radius 2 is 1.76 bits per heavy atom. The Kier molecular flexibility index (Phi) is 7.76. The number of halogens is 1. The van der Waals surface area contributed by atoms with Crippen molar-refractivity contribution in [3.05, 3.63) is 64.7 Å². The van der Waals surface area contributed by atoms with E-state index in [1.165, 1.54) is 17.0 Å². The van der Waals surface area contributed by atoms with Crippen LogP contribution in [0.1, 0.15) is 42.6 Å². The molecule has 0 fully saturated rings. The van der Waals surface area contributed by atoms with Crippen LogP contribution in [0.15, 0.2) is 53.4 Å². The molecular formula is C23H26ClN3O5S. The Hall–Kier alpha value is -2.91. The molecule has 0 aliphatic carbocycles. The van der Waals surface area contributed by atoms with Crippen LogP contribution < -0.4 is 5.32 Å². The van der Waals surface area contributed by atoms with Crippen molar-refractivity contribution in [1.29, 1.82) is 0 Å². The zero-order valence-electron chi connectivity index (χ0n) is 18.5. The van der Waals surface area contributed by atoms with Gasteiger partial charge in [-0.1, -0.05) is 42.8 Å². The van der Waals surface area contributed by atoms with Crippen LogP contribution in [0.5, 0.6) is 0 Å². The van der Waals surface area contributed by atoms with Crippen molar-refractivity contribution in [3.8, 4) is 0 Å². The average molecular weight is 492 g/mol. The van der Waals surface area contributed by atoms with Crippen molar-refractivity contribution >= 4 is 39.3 Å². The van der Waals surface area contributed by atoms with E-state index in [1.54, 1.807) is 50.2 Å². The number of amides is 3. The topological polar surface area (TPSA) is 104 Å². The molecule has 1 N–H and O–H groups in total. The lowest BCUT2D eigenvalue weighted by Crippen LogP contribution is -2.49. The van der Waals surface area contributed by atoms with E-state index < -0.39 is 27.9 Å². The molecule has 1 atom stereocenters. The zero-order chi connectivity index (χ0) is 24.2. The van der Waals surface area contributed by atoms with Gasteiger partial charge in [0.25, 0.3) is 15.9 Å². The molecule has 10 heteroatoms. The molecular weight excluding hydrogens is 466 g/mol. The summed E-state index contributed by atoms with van der Waals surface area (Å²) < 4.78 is 26.3. The highest BCUT2D eigenvalue weighted by Crippen LogP contribution is 2.30. The lowest BCUT2D eigenvalue weighted by atomic mass is 10.1. The molecule has 1 aliphatic rings. The molecule has 0 saturated carbocycles. The number of nitrogens with zero attached hydrogens (tertiary/aromatic N) is 2. The number of carbonyl (C=O) groups is 3. The standard InChI is InChI=1S/C23H26ClN3O5S/c1-3-19(22(29)25-4-2)26(15-16-9-11-17(24)12-10-16)21(28)13-14-27-23(30)18-7-5-6-8-20(18)33(27,31)32/h5-12,19H,3-4,13-15H2,1-2H3,(H,25,29)/t19-/m0/s1. The van der Waals surface area contributed by atoms with Crippen molar-refractivity contribution in [2.45, 2.75) is 44.2 Å². The fraction of sp³-hybridized carbons (Fsp3) is 0.348. The Bertz CT molecular complexity index is 1150. The van der Waals surface area contributed by atoms with Gasteiger partial charge in [0.15, 0.2) is 0 Å². The molecule has 0 saturated heterocycles. The number of sulfonamides is 1. The number of hydrogen-bond acceptors (Lipinski definition) is 5. The van der Waals surface area contributed by atoms with Crippen LogP contribution in [0.2, 0.25) is 5.02 Å². The van der Waals surface area contributed by atoms with E-state index in [-0.39, 0.29) is 35.9 Å². The first-order chi connectivity index (χ1) is 15.7. The van der Waals surface area contributed by atoms with Gasteiger partial charge in [-0.3, -0.25) is 14.4 Å². The summed E-state index contributed by atoms with van der Waals surface area (Å²) in [6, 6.07) is 12.1. The van der Waals surface area contributed by atoms with Gasteiger partial charge in [0, 0.05) is 31.1 Å². The third kappa shape index (κ3) is 5.20. The van der Waals surface area contributed by atoms with Crippen LogP contribution in [0.4, 0.5) is 0 Å². The fourth-order valence-corrected chi connectivity index (χ4v) is 5.49. The van der Waals surface area contributed by atoms with Crippen LogP contribution in [0, 0.1) is 0 Å². The van der Waals surface area contributed by atoms with E-state index in [1.807, 2.05) is 0 Å². The van der Waals surface area contributed by atoms with Gasteiger partial charge >= 0.3 is 0 Å². The minimum absolute atomic E-state index is 0.0609. The highest BCUT2D eigenvalue weighted by Gasteiger charge is 2.41. The Morgan fingerprint density at radius 1 is 1.09 bits per heavy atom. The average Bonchev–Trinajstić information content (AvgIpc) is 2.99. The van der Waals surface area contributed by atoms with Crippen molar-refractivity contribution in [3.63, 3.8) is 0 Å². The van der Waals surface area contributed by atoms with Gasteiger partial charge in [0.1, 0.15) is 10.9 Å². The normalized spacial score (nSPS) is 15.1. The van der Waals surface area contributed by atoms with E-state index in [2.05, 4.69) is 5.32 Å². The first kappa shape index (κ1) is 24.7. The monoisotopic (exact) mass is 491 g/mol. The van der Waals surface area contributed by atoms with Gasteiger partial charge in [-0.15, -0.1) is 0 Å². The molecule has 1 aliphatic heterocycles. The predicted molar refractivity (Wildman–Crippen MR) is 124 cm³/mol.